The number of amides is 2. The highest BCUT2D eigenvalue weighted by Crippen LogP contribution is 2.28. The number of halogens is 2. The molecule has 2 unspecified atom stereocenters. The highest BCUT2D eigenvalue weighted by atomic mass is 19.1. The minimum atomic E-state index is -0.987. The Bertz CT molecular complexity index is 777. The van der Waals surface area contributed by atoms with Crippen LogP contribution in [0.4, 0.5) is 8.78 Å². The summed E-state index contributed by atoms with van der Waals surface area (Å²) in [6.45, 7) is 2.95. The van der Waals surface area contributed by atoms with Crippen molar-refractivity contribution in [3.05, 3.63) is 35.4 Å². The van der Waals surface area contributed by atoms with Crippen LogP contribution in [-0.4, -0.2) is 58.4 Å². The molecule has 2 atom stereocenters. The zero-order chi connectivity index (χ0) is 20.4. The van der Waals surface area contributed by atoms with Gasteiger partial charge in [0, 0.05) is 31.6 Å². The van der Waals surface area contributed by atoms with Crippen LogP contribution in [0.25, 0.3) is 0 Å². The largest absolute Gasteiger partial charge is 0.480 e. The summed E-state index contributed by atoms with van der Waals surface area (Å²) in [5.41, 5.74) is -0.192. The number of carboxylic acid groups (broad SMARTS) is 1. The maximum absolute atomic E-state index is 13.9. The van der Waals surface area contributed by atoms with Crippen LogP contribution < -0.4 is 0 Å². The molecule has 1 N–H and O–H groups in total. The lowest BCUT2D eigenvalue weighted by molar-refractivity contribution is -0.155. The highest BCUT2D eigenvalue weighted by molar-refractivity contribution is 5.94. The Kier molecular flexibility index (Phi) is 5.96. The fraction of sp³-hybridized carbons (Fsp3) is 0.550. The number of carbonyl (C=O) groups is 3. The molecule has 2 aliphatic rings. The molecule has 0 spiro atoms. The first kappa shape index (κ1) is 20.2. The van der Waals surface area contributed by atoms with E-state index in [1.54, 1.807) is 0 Å². The fourth-order valence-corrected chi connectivity index (χ4v) is 4.04. The Morgan fingerprint density at radius 2 is 1.75 bits per heavy atom. The molecule has 0 bridgehead atoms. The summed E-state index contributed by atoms with van der Waals surface area (Å²) in [4.78, 5) is 39.8. The monoisotopic (exact) mass is 394 g/mol. The van der Waals surface area contributed by atoms with Crippen molar-refractivity contribution >= 4 is 17.8 Å². The normalized spacial score (nSPS) is 23.5. The number of hydrogen-bond acceptors (Lipinski definition) is 3. The predicted molar refractivity (Wildman–Crippen MR) is 96.5 cm³/mol. The molecule has 2 saturated heterocycles. The second-order valence-corrected chi connectivity index (χ2v) is 7.71. The van der Waals surface area contributed by atoms with E-state index in [1.165, 1.54) is 9.80 Å². The van der Waals surface area contributed by atoms with E-state index >= 15 is 0 Å². The van der Waals surface area contributed by atoms with Crippen LogP contribution in [0.2, 0.25) is 0 Å². The van der Waals surface area contributed by atoms with Crippen molar-refractivity contribution in [1.82, 2.24) is 9.80 Å². The molecular formula is C20H24F2N2O4. The van der Waals surface area contributed by atoms with Gasteiger partial charge in [0.15, 0.2) is 0 Å². The van der Waals surface area contributed by atoms with E-state index in [-0.39, 0.29) is 36.4 Å². The van der Waals surface area contributed by atoms with Gasteiger partial charge in [-0.25, -0.2) is 13.6 Å². The molecule has 2 fully saturated rings. The molecule has 1 aromatic rings. The minimum Gasteiger partial charge on any atom is -0.480 e. The van der Waals surface area contributed by atoms with Crippen molar-refractivity contribution in [3.63, 3.8) is 0 Å². The average molecular weight is 394 g/mol. The topological polar surface area (TPSA) is 77.9 Å². The summed E-state index contributed by atoms with van der Waals surface area (Å²) in [5, 5.41) is 9.45. The molecule has 8 heteroatoms. The molecule has 152 valence electrons. The Hall–Kier alpha value is -2.51. The molecule has 2 amide bonds. The molecular weight excluding hydrogens is 370 g/mol. The van der Waals surface area contributed by atoms with Crippen LogP contribution in [0.15, 0.2) is 18.2 Å². The molecule has 0 radical (unpaired) electrons. The second kappa shape index (κ2) is 8.24. The summed E-state index contributed by atoms with van der Waals surface area (Å²) in [6, 6.07) is 2.03. The van der Waals surface area contributed by atoms with Crippen LogP contribution >= 0.6 is 0 Å². The van der Waals surface area contributed by atoms with Crippen LogP contribution in [0.3, 0.4) is 0 Å². The van der Waals surface area contributed by atoms with Gasteiger partial charge in [0.25, 0.3) is 5.91 Å². The van der Waals surface area contributed by atoms with Gasteiger partial charge in [-0.15, -0.1) is 0 Å². The minimum absolute atomic E-state index is 0.181. The van der Waals surface area contributed by atoms with E-state index in [0.717, 1.165) is 18.6 Å². The lowest BCUT2D eigenvalue weighted by Crippen LogP contribution is -2.53. The van der Waals surface area contributed by atoms with Gasteiger partial charge < -0.3 is 14.9 Å². The van der Waals surface area contributed by atoms with Crippen molar-refractivity contribution in [2.24, 2.45) is 11.8 Å². The van der Waals surface area contributed by atoms with E-state index < -0.39 is 29.6 Å². The second-order valence-electron chi connectivity index (χ2n) is 7.71. The van der Waals surface area contributed by atoms with Gasteiger partial charge in [0.1, 0.15) is 17.7 Å². The van der Waals surface area contributed by atoms with Gasteiger partial charge in [-0.2, -0.15) is 0 Å². The van der Waals surface area contributed by atoms with Crippen molar-refractivity contribution in [1.29, 1.82) is 0 Å². The number of hydrogen-bond donors (Lipinski definition) is 1. The van der Waals surface area contributed by atoms with Crippen LogP contribution in [0.5, 0.6) is 0 Å². The first-order valence-electron chi connectivity index (χ1n) is 9.55. The Morgan fingerprint density at radius 3 is 2.36 bits per heavy atom. The van der Waals surface area contributed by atoms with Gasteiger partial charge in [-0.3, -0.25) is 9.59 Å². The third-order valence-electron chi connectivity index (χ3n) is 5.73. The van der Waals surface area contributed by atoms with E-state index in [2.05, 4.69) is 0 Å². The van der Waals surface area contributed by atoms with E-state index in [0.29, 0.717) is 31.9 Å². The smallest absolute Gasteiger partial charge is 0.326 e. The summed E-state index contributed by atoms with van der Waals surface area (Å²) < 4.78 is 26.9. The van der Waals surface area contributed by atoms with Crippen molar-refractivity contribution in [3.8, 4) is 0 Å². The first-order valence-corrected chi connectivity index (χ1v) is 9.55. The zero-order valence-electron chi connectivity index (χ0n) is 15.7. The fourth-order valence-electron chi connectivity index (χ4n) is 4.04. The SMILES string of the molecule is CC1CCN(C(=O)C2CCN(C(=O)c3ccc(F)cc3F)CC2)C(C(=O)O)C1. The number of carboxylic acids is 1. The Morgan fingerprint density at radius 1 is 1.07 bits per heavy atom. The lowest BCUT2D eigenvalue weighted by Gasteiger charge is -2.40. The lowest BCUT2D eigenvalue weighted by atomic mass is 9.89. The first-order chi connectivity index (χ1) is 13.3. The molecule has 1 aromatic carbocycles. The Labute approximate surface area is 162 Å². The summed E-state index contributed by atoms with van der Waals surface area (Å²) >= 11 is 0. The number of likely N-dealkylation sites (tertiary alicyclic amines) is 2. The highest BCUT2D eigenvalue weighted by Gasteiger charge is 2.39. The maximum Gasteiger partial charge on any atom is 0.326 e. The standard InChI is InChI=1S/C20H24F2N2O4/c1-12-4-9-24(17(10-12)20(27)28)18(25)13-5-7-23(8-6-13)19(26)15-3-2-14(21)11-16(15)22/h2-3,11-13,17H,4-10H2,1H3,(H,27,28). The van der Waals surface area contributed by atoms with Gasteiger partial charge in [-0.05, 0) is 43.7 Å². The van der Waals surface area contributed by atoms with E-state index in [1.807, 2.05) is 6.92 Å². The molecule has 0 saturated carbocycles. The molecule has 28 heavy (non-hydrogen) atoms. The summed E-state index contributed by atoms with van der Waals surface area (Å²) in [5.74, 6) is -3.44. The number of benzene rings is 1. The van der Waals surface area contributed by atoms with Crippen LogP contribution in [0.1, 0.15) is 43.0 Å². The third-order valence-corrected chi connectivity index (χ3v) is 5.73. The average Bonchev–Trinajstić information content (AvgIpc) is 2.67. The number of aliphatic carboxylic acids is 1. The number of rotatable bonds is 3. The molecule has 0 aliphatic carbocycles. The van der Waals surface area contributed by atoms with Crippen LogP contribution in [0, 0.1) is 23.5 Å². The molecule has 0 aromatic heterocycles. The van der Waals surface area contributed by atoms with E-state index in [4.69, 9.17) is 0 Å². The van der Waals surface area contributed by atoms with Gasteiger partial charge in [-0.1, -0.05) is 6.92 Å². The van der Waals surface area contributed by atoms with Crippen molar-refractivity contribution < 1.29 is 28.3 Å². The number of nitrogens with zero attached hydrogens (tertiary/aromatic N) is 2. The quantitative estimate of drug-likeness (QED) is 0.855. The van der Waals surface area contributed by atoms with E-state index in [9.17, 15) is 28.3 Å². The van der Waals surface area contributed by atoms with Crippen molar-refractivity contribution in [2.75, 3.05) is 19.6 Å². The Balaban J connectivity index is 1.62. The molecule has 2 heterocycles. The maximum atomic E-state index is 13.9. The molecule has 3 rings (SSSR count). The predicted octanol–water partition coefficient (Wildman–Crippen LogP) is 2.53. The summed E-state index contributed by atoms with van der Waals surface area (Å²) in [7, 11) is 0. The van der Waals surface area contributed by atoms with Crippen molar-refractivity contribution in [2.45, 2.75) is 38.6 Å². The number of piperidine rings is 2. The molecule has 6 nitrogen and oxygen atoms in total. The van der Waals surface area contributed by atoms with Gasteiger partial charge >= 0.3 is 5.97 Å². The van der Waals surface area contributed by atoms with Gasteiger partial charge in [0.05, 0.1) is 5.56 Å². The summed E-state index contributed by atoms with van der Waals surface area (Å²) in [6.07, 6.45) is 2.01. The van der Waals surface area contributed by atoms with Crippen LogP contribution in [-0.2, 0) is 9.59 Å². The third kappa shape index (κ3) is 4.15. The molecule has 2 aliphatic heterocycles. The zero-order valence-corrected chi connectivity index (χ0v) is 15.7. The number of carbonyl (C=O) groups excluding carboxylic acids is 2. The van der Waals surface area contributed by atoms with Gasteiger partial charge in [0.2, 0.25) is 5.91 Å².